The van der Waals surface area contributed by atoms with Gasteiger partial charge in [0.1, 0.15) is 0 Å². The largest absolute Gasteiger partial charge is 0.381 e. The zero-order valence-electron chi connectivity index (χ0n) is 7.24. The van der Waals surface area contributed by atoms with Gasteiger partial charge in [-0.15, -0.1) is 0 Å². The SMILES string of the molecule is Cc1ccnc2c1NCCS2(=O)=O. The molecule has 0 saturated heterocycles. The number of fused-ring (bicyclic) bond motifs is 1. The summed E-state index contributed by atoms with van der Waals surface area (Å²) in [5.74, 6) is 0.135. The molecular formula is C8H10N2O2S. The van der Waals surface area contributed by atoms with Gasteiger partial charge in [0.05, 0.1) is 11.4 Å². The van der Waals surface area contributed by atoms with E-state index in [2.05, 4.69) is 10.3 Å². The van der Waals surface area contributed by atoms with Crippen LogP contribution in [0.15, 0.2) is 17.3 Å². The number of rotatable bonds is 0. The van der Waals surface area contributed by atoms with Gasteiger partial charge in [-0.05, 0) is 18.6 Å². The van der Waals surface area contributed by atoms with Gasteiger partial charge in [0.25, 0.3) is 0 Å². The van der Waals surface area contributed by atoms with Gasteiger partial charge >= 0.3 is 0 Å². The Balaban J connectivity index is 2.73. The number of hydrogen-bond donors (Lipinski definition) is 1. The molecular weight excluding hydrogens is 188 g/mol. The molecule has 0 amide bonds. The van der Waals surface area contributed by atoms with Gasteiger partial charge in [-0.25, -0.2) is 13.4 Å². The van der Waals surface area contributed by atoms with Gasteiger partial charge in [0, 0.05) is 12.7 Å². The Morgan fingerprint density at radius 3 is 3.00 bits per heavy atom. The Hall–Kier alpha value is -1.10. The van der Waals surface area contributed by atoms with Gasteiger partial charge in [-0.2, -0.15) is 0 Å². The lowest BCUT2D eigenvalue weighted by molar-refractivity contribution is 0.590. The van der Waals surface area contributed by atoms with Crippen molar-refractivity contribution >= 4 is 15.5 Å². The Labute approximate surface area is 76.9 Å². The molecule has 5 heteroatoms. The van der Waals surface area contributed by atoms with E-state index >= 15 is 0 Å². The molecule has 0 fully saturated rings. The van der Waals surface area contributed by atoms with E-state index in [9.17, 15) is 8.42 Å². The topological polar surface area (TPSA) is 59.1 Å². The second-order valence-electron chi connectivity index (χ2n) is 3.05. The average molecular weight is 198 g/mol. The van der Waals surface area contributed by atoms with Crippen molar-refractivity contribution in [1.82, 2.24) is 4.98 Å². The highest BCUT2D eigenvalue weighted by atomic mass is 32.2. The summed E-state index contributed by atoms with van der Waals surface area (Å²) in [7, 11) is -3.14. The molecule has 0 bridgehead atoms. The summed E-state index contributed by atoms with van der Waals surface area (Å²) in [4.78, 5) is 3.88. The molecule has 0 unspecified atom stereocenters. The van der Waals surface area contributed by atoms with Crippen molar-refractivity contribution in [2.24, 2.45) is 0 Å². The van der Waals surface area contributed by atoms with Crippen LogP contribution >= 0.6 is 0 Å². The standard InChI is InChI=1S/C8H10N2O2S/c1-6-2-3-10-8-7(6)9-4-5-13(8,11)12/h2-3,9H,4-5H2,1H3. The first-order valence-electron chi connectivity index (χ1n) is 4.03. The van der Waals surface area contributed by atoms with Crippen LogP contribution in [0.3, 0.4) is 0 Å². The second kappa shape index (κ2) is 2.70. The normalized spacial score (nSPS) is 18.8. The number of hydrogen-bond acceptors (Lipinski definition) is 4. The first-order valence-corrected chi connectivity index (χ1v) is 5.69. The van der Waals surface area contributed by atoms with Crippen LogP contribution in [0.4, 0.5) is 5.69 Å². The van der Waals surface area contributed by atoms with Gasteiger partial charge in [0.15, 0.2) is 14.9 Å². The van der Waals surface area contributed by atoms with Crippen LogP contribution in [0.25, 0.3) is 0 Å². The van der Waals surface area contributed by atoms with E-state index in [0.717, 1.165) is 5.56 Å². The predicted molar refractivity (Wildman–Crippen MR) is 49.5 cm³/mol. The van der Waals surface area contributed by atoms with Crippen molar-refractivity contribution in [1.29, 1.82) is 0 Å². The molecule has 13 heavy (non-hydrogen) atoms. The third kappa shape index (κ3) is 1.29. The van der Waals surface area contributed by atoms with Crippen molar-refractivity contribution in [3.63, 3.8) is 0 Å². The van der Waals surface area contributed by atoms with Crippen LogP contribution in [0.2, 0.25) is 0 Å². The maximum Gasteiger partial charge on any atom is 0.199 e. The predicted octanol–water partition coefficient (Wildman–Crippen LogP) is 0.589. The summed E-state index contributed by atoms with van der Waals surface area (Å²) in [5, 5.41) is 3.24. The molecule has 0 atom stereocenters. The third-order valence-corrected chi connectivity index (χ3v) is 3.73. The minimum Gasteiger partial charge on any atom is -0.381 e. The first kappa shape index (κ1) is 8.50. The highest BCUT2D eigenvalue weighted by Crippen LogP contribution is 2.26. The highest BCUT2D eigenvalue weighted by molar-refractivity contribution is 7.91. The van der Waals surface area contributed by atoms with Gasteiger partial charge in [-0.3, -0.25) is 0 Å². The lowest BCUT2D eigenvalue weighted by Gasteiger charge is -2.18. The van der Waals surface area contributed by atoms with Crippen molar-refractivity contribution in [2.45, 2.75) is 11.9 Å². The average Bonchev–Trinajstić information content (AvgIpc) is 2.06. The van der Waals surface area contributed by atoms with E-state index in [1.807, 2.05) is 6.92 Å². The third-order valence-electron chi connectivity index (χ3n) is 2.09. The molecule has 0 spiro atoms. The summed E-state index contributed by atoms with van der Waals surface area (Å²) >= 11 is 0. The van der Waals surface area contributed by atoms with Crippen LogP contribution < -0.4 is 5.32 Å². The van der Waals surface area contributed by atoms with E-state index < -0.39 is 9.84 Å². The van der Waals surface area contributed by atoms with Gasteiger partial charge < -0.3 is 5.32 Å². The molecule has 1 aromatic heterocycles. The molecule has 70 valence electrons. The van der Waals surface area contributed by atoms with E-state index in [4.69, 9.17) is 0 Å². The molecule has 1 aliphatic rings. The fraction of sp³-hybridized carbons (Fsp3) is 0.375. The van der Waals surface area contributed by atoms with E-state index in [-0.39, 0.29) is 10.8 Å². The zero-order valence-corrected chi connectivity index (χ0v) is 8.06. The van der Waals surface area contributed by atoms with Crippen molar-refractivity contribution in [3.05, 3.63) is 17.8 Å². The lowest BCUT2D eigenvalue weighted by atomic mass is 10.2. The smallest absolute Gasteiger partial charge is 0.199 e. The number of anilines is 1. The summed E-state index contributed by atoms with van der Waals surface area (Å²) < 4.78 is 23.0. The summed E-state index contributed by atoms with van der Waals surface area (Å²) in [6, 6.07) is 1.80. The van der Waals surface area contributed by atoms with Crippen molar-refractivity contribution in [3.8, 4) is 0 Å². The Morgan fingerprint density at radius 2 is 2.31 bits per heavy atom. The van der Waals surface area contributed by atoms with E-state index in [0.29, 0.717) is 12.2 Å². The lowest BCUT2D eigenvalue weighted by Crippen LogP contribution is -2.24. The fourth-order valence-corrected chi connectivity index (χ4v) is 2.72. The molecule has 2 heterocycles. The van der Waals surface area contributed by atoms with E-state index in [1.54, 1.807) is 6.07 Å². The van der Waals surface area contributed by atoms with Crippen LogP contribution in [-0.4, -0.2) is 25.7 Å². The molecule has 0 aliphatic carbocycles. The van der Waals surface area contributed by atoms with Crippen LogP contribution in [0, 0.1) is 6.92 Å². The molecule has 1 aliphatic heterocycles. The summed E-state index contributed by atoms with van der Waals surface area (Å²) in [6.07, 6.45) is 1.53. The van der Waals surface area contributed by atoms with Gasteiger partial charge in [-0.1, -0.05) is 0 Å². The van der Waals surface area contributed by atoms with Crippen molar-refractivity contribution in [2.75, 3.05) is 17.6 Å². The highest BCUT2D eigenvalue weighted by Gasteiger charge is 2.25. The number of aromatic nitrogens is 1. The number of nitrogens with one attached hydrogen (secondary N) is 1. The minimum atomic E-state index is -3.14. The zero-order chi connectivity index (χ0) is 9.47. The second-order valence-corrected chi connectivity index (χ2v) is 5.08. The molecule has 2 rings (SSSR count). The molecule has 0 radical (unpaired) electrons. The maximum atomic E-state index is 11.5. The monoisotopic (exact) mass is 198 g/mol. The minimum absolute atomic E-state index is 0.135. The van der Waals surface area contributed by atoms with E-state index in [1.165, 1.54) is 6.20 Å². The first-order chi connectivity index (χ1) is 6.11. The number of nitrogens with zero attached hydrogens (tertiary/aromatic N) is 1. The summed E-state index contributed by atoms with van der Waals surface area (Å²) in [6.45, 7) is 2.34. The molecule has 1 N–H and O–H groups in total. The maximum absolute atomic E-state index is 11.5. The number of aryl methyl sites for hydroxylation is 1. The van der Waals surface area contributed by atoms with Crippen LogP contribution in [-0.2, 0) is 9.84 Å². The quantitative estimate of drug-likeness (QED) is 0.662. The molecule has 4 nitrogen and oxygen atoms in total. The Bertz CT molecular complexity index is 439. The Morgan fingerprint density at radius 1 is 1.54 bits per heavy atom. The molecule has 1 aromatic rings. The molecule has 0 saturated carbocycles. The van der Waals surface area contributed by atoms with Crippen LogP contribution in [0.1, 0.15) is 5.56 Å². The fourth-order valence-electron chi connectivity index (χ4n) is 1.39. The van der Waals surface area contributed by atoms with Crippen LogP contribution in [0.5, 0.6) is 0 Å². The number of pyridine rings is 1. The number of sulfone groups is 1. The van der Waals surface area contributed by atoms with Crippen molar-refractivity contribution < 1.29 is 8.42 Å². The van der Waals surface area contributed by atoms with Gasteiger partial charge in [0.2, 0.25) is 0 Å². The Kier molecular flexibility index (Phi) is 1.76. The molecule has 0 aromatic carbocycles. The summed E-state index contributed by atoms with van der Waals surface area (Å²) in [5.41, 5.74) is 1.59.